The average molecular weight is 740 g/mol. The normalized spacial score (nSPS) is 17.9. The molecule has 1 amide bonds. The first kappa shape index (κ1) is 40.1. The van der Waals surface area contributed by atoms with E-state index in [1.165, 1.54) is 4.90 Å². The van der Waals surface area contributed by atoms with Crippen molar-refractivity contribution < 1.29 is 39.8 Å². The van der Waals surface area contributed by atoms with Gasteiger partial charge in [-0.15, -0.1) is 0 Å². The van der Waals surface area contributed by atoms with Crippen LogP contribution in [-0.2, 0) is 21.6 Å². The number of amides is 1. The maximum Gasteiger partial charge on any atom is 0.222 e. The number of carbonyl (C=O) groups excluding carboxylic acids is 1. The molecule has 1 heterocycles. The Labute approximate surface area is 311 Å². The van der Waals surface area contributed by atoms with Crippen molar-refractivity contribution in [3.05, 3.63) is 82.6 Å². The molecule has 6 N–H and O–H groups in total. The van der Waals surface area contributed by atoms with Gasteiger partial charge in [-0.1, -0.05) is 48.9 Å². The number of halogens is 1. The van der Waals surface area contributed by atoms with Gasteiger partial charge in [0.2, 0.25) is 5.91 Å². The van der Waals surface area contributed by atoms with Crippen LogP contribution in [0, 0.1) is 0 Å². The lowest BCUT2D eigenvalue weighted by molar-refractivity contribution is -0.140. The van der Waals surface area contributed by atoms with E-state index < -0.39 is 31.0 Å². The number of methoxy groups -OCH3 is 1. The van der Waals surface area contributed by atoms with E-state index in [-0.39, 0.29) is 30.3 Å². The number of ether oxygens (including phenoxy) is 2. The third-order valence-electron chi connectivity index (χ3n) is 10.2. The summed E-state index contributed by atoms with van der Waals surface area (Å²) >= 11 is 6.73. The lowest BCUT2D eigenvalue weighted by Crippen LogP contribution is -2.50. The molecule has 0 radical (unpaired) electrons. The fourth-order valence-electron chi connectivity index (χ4n) is 6.63. The van der Waals surface area contributed by atoms with Gasteiger partial charge < -0.3 is 45.2 Å². The second-order valence-corrected chi connectivity index (χ2v) is 14.7. The van der Waals surface area contributed by atoms with Gasteiger partial charge >= 0.3 is 0 Å². The summed E-state index contributed by atoms with van der Waals surface area (Å²) in [7, 11) is 1.56. The first-order chi connectivity index (χ1) is 25.1. The average Bonchev–Trinajstić information content (AvgIpc) is 4.11. The molecule has 0 bridgehead atoms. The molecule has 5 rings (SSSR count). The zero-order valence-corrected chi connectivity index (χ0v) is 30.9. The molecule has 5 atom stereocenters. The molecule has 284 valence electrons. The molecule has 11 nitrogen and oxygen atoms in total. The van der Waals surface area contributed by atoms with Crippen molar-refractivity contribution in [3.63, 3.8) is 0 Å². The monoisotopic (exact) mass is 739 g/mol. The standard InChI is InChI=1S/C40H54ClN3O8/c1-26(7-5-10-37(48)44(19-6-20-51-2)24-34(46)38(49)39(50)35(47)25-45)27-11-14-33(41)28(21-27)22-43-40(16-17-40)32-23-42-18-15-30(32)31-8-3-4-9-36(31)52-29-12-13-29/h3-4,8-9,11,14-15,18,21,23,26,29,34-35,38-39,43,45-47,49-50H,5-7,10,12-13,16-17,19-20,22,24-25H2,1-2H3. The molecule has 2 aliphatic carbocycles. The van der Waals surface area contributed by atoms with Gasteiger partial charge in [0, 0.05) is 68.3 Å². The fourth-order valence-corrected chi connectivity index (χ4v) is 6.82. The van der Waals surface area contributed by atoms with Gasteiger partial charge in [-0.2, -0.15) is 0 Å². The summed E-state index contributed by atoms with van der Waals surface area (Å²) in [5.74, 6) is 0.861. The second kappa shape index (κ2) is 18.8. The lowest BCUT2D eigenvalue weighted by Gasteiger charge is -2.30. The molecule has 2 aliphatic rings. The largest absolute Gasteiger partial charge is 0.490 e. The number of aromatic nitrogens is 1. The molecule has 3 aromatic rings. The SMILES string of the molecule is COCCCN(CC(O)C(O)C(O)C(O)CO)C(=O)CCCC(C)c1ccc(Cl)c(CNC2(c3cnccc3-c3ccccc3OC3CC3)CC2)c1. The third kappa shape index (κ3) is 10.5. The summed E-state index contributed by atoms with van der Waals surface area (Å²) in [6.07, 6.45) is 3.74. The topological polar surface area (TPSA) is 165 Å². The maximum absolute atomic E-state index is 13.3. The van der Waals surface area contributed by atoms with Gasteiger partial charge in [0.1, 0.15) is 30.2 Å². The van der Waals surface area contributed by atoms with Crippen molar-refractivity contribution in [2.45, 2.75) is 107 Å². The van der Waals surface area contributed by atoms with Crippen LogP contribution in [0.3, 0.4) is 0 Å². The van der Waals surface area contributed by atoms with Crippen molar-refractivity contribution in [1.82, 2.24) is 15.2 Å². The number of aliphatic hydroxyl groups is 5. The smallest absolute Gasteiger partial charge is 0.222 e. The van der Waals surface area contributed by atoms with Gasteiger partial charge in [0.05, 0.1) is 12.7 Å². The molecule has 2 fully saturated rings. The molecule has 1 aromatic heterocycles. The van der Waals surface area contributed by atoms with E-state index in [9.17, 15) is 25.2 Å². The summed E-state index contributed by atoms with van der Waals surface area (Å²) in [5, 5.41) is 54.1. The van der Waals surface area contributed by atoms with E-state index in [0.717, 1.165) is 65.7 Å². The first-order valence-electron chi connectivity index (χ1n) is 18.4. The molecule has 2 aromatic carbocycles. The quantitative estimate of drug-likeness (QED) is 0.0820. The minimum atomic E-state index is -1.76. The van der Waals surface area contributed by atoms with Gasteiger partial charge in [-0.25, -0.2) is 0 Å². The van der Waals surface area contributed by atoms with Crippen LogP contribution in [0.4, 0.5) is 0 Å². The predicted molar refractivity (Wildman–Crippen MR) is 199 cm³/mol. The highest BCUT2D eigenvalue weighted by Gasteiger charge is 2.46. The molecule has 52 heavy (non-hydrogen) atoms. The number of aliphatic hydroxyl groups excluding tert-OH is 5. The molecule has 5 unspecified atom stereocenters. The van der Waals surface area contributed by atoms with Crippen molar-refractivity contribution in [2.24, 2.45) is 0 Å². The van der Waals surface area contributed by atoms with Crippen LogP contribution in [0.15, 0.2) is 60.9 Å². The minimum absolute atomic E-state index is 0.149. The van der Waals surface area contributed by atoms with Crippen LogP contribution in [0.1, 0.15) is 80.9 Å². The predicted octanol–water partition coefficient (Wildman–Crippen LogP) is 4.30. The van der Waals surface area contributed by atoms with Crippen LogP contribution in [-0.4, -0.2) is 105 Å². The molecule has 2 saturated carbocycles. The zero-order valence-electron chi connectivity index (χ0n) is 30.2. The number of carbonyl (C=O) groups is 1. The van der Waals surface area contributed by atoms with Gasteiger partial charge in [0.15, 0.2) is 0 Å². The molecule has 0 spiro atoms. The van der Waals surface area contributed by atoms with Gasteiger partial charge in [-0.05, 0) is 91.3 Å². The number of pyridine rings is 1. The van der Waals surface area contributed by atoms with Crippen LogP contribution < -0.4 is 10.1 Å². The Morgan fingerprint density at radius 3 is 2.50 bits per heavy atom. The van der Waals surface area contributed by atoms with E-state index in [0.29, 0.717) is 43.7 Å². The van der Waals surface area contributed by atoms with Crippen molar-refractivity contribution in [1.29, 1.82) is 0 Å². The Morgan fingerprint density at radius 1 is 1.04 bits per heavy atom. The lowest BCUT2D eigenvalue weighted by atomic mass is 9.93. The number of nitrogens with one attached hydrogen (secondary N) is 1. The highest BCUT2D eigenvalue weighted by atomic mass is 35.5. The van der Waals surface area contributed by atoms with Crippen LogP contribution in [0.5, 0.6) is 5.75 Å². The summed E-state index contributed by atoms with van der Waals surface area (Å²) in [5.41, 5.74) is 5.28. The fraction of sp³-hybridized carbons (Fsp3) is 0.550. The van der Waals surface area contributed by atoms with Crippen molar-refractivity contribution in [3.8, 4) is 16.9 Å². The van der Waals surface area contributed by atoms with E-state index in [4.69, 9.17) is 26.2 Å². The van der Waals surface area contributed by atoms with E-state index in [2.05, 4.69) is 35.4 Å². The van der Waals surface area contributed by atoms with Crippen LogP contribution >= 0.6 is 11.6 Å². The number of hydrogen-bond acceptors (Lipinski definition) is 10. The van der Waals surface area contributed by atoms with Gasteiger partial charge in [0.25, 0.3) is 0 Å². The number of nitrogens with zero attached hydrogens (tertiary/aromatic N) is 2. The summed E-state index contributed by atoms with van der Waals surface area (Å²) in [6.45, 7) is 2.41. The first-order valence-corrected chi connectivity index (χ1v) is 18.8. The maximum atomic E-state index is 13.3. The third-order valence-corrected chi connectivity index (χ3v) is 10.6. The van der Waals surface area contributed by atoms with Crippen LogP contribution in [0.2, 0.25) is 5.02 Å². The van der Waals surface area contributed by atoms with Gasteiger partial charge in [-0.3, -0.25) is 9.78 Å². The zero-order chi connectivity index (χ0) is 37.3. The Bertz CT molecular complexity index is 1600. The Kier molecular flexibility index (Phi) is 14.5. The molecule has 12 heteroatoms. The highest BCUT2D eigenvalue weighted by Crippen LogP contribution is 2.50. The van der Waals surface area contributed by atoms with Crippen LogP contribution in [0.25, 0.3) is 11.1 Å². The Morgan fingerprint density at radius 2 is 1.79 bits per heavy atom. The molecule has 0 aliphatic heterocycles. The van der Waals surface area contributed by atoms with Crippen molar-refractivity contribution in [2.75, 3.05) is 33.4 Å². The molecule has 0 saturated heterocycles. The number of rotatable bonds is 22. The van der Waals surface area contributed by atoms with Crippen molar-refractivity contribution >= 4 is 17.5 Å². The summed E-state index contributed by atoms with van der Waals surface area (Å²) in [4.78, 5) is 19.2. The van der Waals surface area contributed by atoms with E-state index >= 15 is 0 Å². The Balaban J connectivity index is 1.18. The van der Waals surface area contributed by atoms with E-state index in [1.807, 2.05) is 42.7 Å². The highest BCUT2D eigenvalue weighted by molar-refractivity contribution is 6.31. The molecular weight excluding hydrogens is 686 g/mol. The van der Waals surface area contributed by atoms with E-state index in [1.54, 1.807) is 7.11 Å². The number of benzene rings is 2. The Hall–Kier alpha value is -3.13. The summed E-state index contributed by atoms with van der Waals surface area (Å²) in [6, 6.07) is 16.4. The molecular formula is C40H54ClN3O8. The minimum Gasteiger partial charge on any atom is -0.490 e. The number of para-hydroxylation sites is 1. The number of hydrogen-bond donors (Lipinski definition) is 6. The second-order valence-electron chi connectivity index (χ2n) is 14.3. The summed E-state index contributed by atoms with van der Waals surface area (Å²) < 4.78 is 11.4.